The number of halogens is 3. The van der Waals surface area contributed by atoms with E-state index in [2.05, 4.69) is 26.1 Å². The lowest BCUT2D eigenvalue weighted by Gasteiger charge is -2.62. The van der Waals surface area contributed by atoms with E-state index in [0.717, 1.165) is 50.7 Å². The van der Waals surface area contributed by atoms with E-state index in [9.17, 15) is 28.2 Å². The van der Waals surface area contributed by atoms with Crippen molar-refractivity contribution in [3.05, 3.63) is 29.6 Å². The van der Waals surface area contributed by atoms with Gasteiger partial charge in [0.25, 0.3) is 0 Å². The van der Waals surface area contributed by atoms with Crippen LogP contribution in [0.5, 0.6) is 0 Å². The molecule has 5 rings (SSSR count). The summed E-state index contributed by atoms with van der Waals surface area (Å²) in [6.45, 7) is 6.85. The first-order valence-electron chi connectivity index (χ1n) is 14.3. The lowest BCUT2D eigenvalue weighted by Crippen LogP contribution is -2.58. The van der Waals surface area contributed by atoms with Gasteiger partial charge in [-0.1, -0.05) is 20.8 Å². The van der Waals surface area contributed by atoms with Crippen LogP contribution in [0.1, 0.15) is 85.0 Å². The number of carbonyl (C=O) groups is 1. The molecule has 0 radical (unpaired) electrons. The fourth-order valence-corrected chi connectivity index (χ4v) is 9.57. The molecule has 1 aromatic rings. The molecule has 3 N–H and O–H groups in total. The number of rotatable bonds is 5. The van der Waals surface area contributed by atoms with E-state index >= 15 is 0 Å². The minimum Gasteiger partial charge on any atom is -0.393 e. The van der Waals surface area contributed by atoms with Gasteiger partial charge in [0.15, 0.2) is 17.5 Å². The van der Waals surface area contributed by atoms with Crippen LogP contribution in [0.15, 0.2) is 12.1 Å². The zero-order chi connectivity index (χ0) is 26.7. The van der Waals surface area contributed by atoms with Gasteiger partial charge < -0.3 is 15.5 Å². The zero-order valence-corrected chi connectivity index (χ0v) is 22.3. The molecule has 1 aromatic carbocycles. The number of aliphatic hydroxyl groups is 2. The van der Waals surface area contributed by atoms with E-state index in [1.54, 1.807) is 0 Å². The van der Waals surface area contributed by atoms with E-state index in [0.29, 0.717) is 36.0 Å². The smallest absolute Gasteiger partial charge is 0.224 e. The summed E-state index contributed by atoms with van der Waals surface area (Å²) in [6.07, 6.45) is 8.39. The van der Waals surface area contributed by atoms with Gasteiger partial charge in [0, 0.05) is 24.2 Å². The van der Waals surface area contributed by atoms with Crippen LogP contribution in [0.25, 0.3) is 0 Å². The Morgan fingerprint density at radius 3 is 2.43 bits per heavy atom. The second-order valence-electron chi connectivity index (χ2n) is 13.2. The van der Waals surface area contributed by atoms with Crippen LogP contribution in [0, 0.1) is 63.8 Å². The summed E-state index contributed by atoms with van der Waals surface area (Å²) in [5.41, 5.74) is -0.0709. The average molecular weight is 522 g/mol. The number of anilines is 1. The Morgan fingerprint density at radius 1 is 1.03 bits per heavy atom. The van der Waals surface area contributed by atoms with Crippen molar-refractivity contribution in [1.29, 1.82) is 0 Å². The van der Waals surface area contributed by atoms with Gasteiger partial charge in [-0.05, 0) is 104 Å². The summed E-state index contributed by atoms with van der Waals surface area (Å²) in [5, 5.41) is 24.4. The molecule has 206 valence electrons. The van der Waals surface area contributed by atoms with Crippen molar-refractivity contribution in [2.45, 2.75) is 97.2 Å². The second kappa shape index (κ2) is 9.86. The lowest BCUT2D eigenvalue weighted by molar-refractivity contribution is -0.174. The maximum Gasteiger partial charge on any atom is 0.224 e. The molecule has 4 nitrogen and oxygen atoms in total. The molecular formula is C30H42F3NO3. The van der Waals surface area contributed by atoms with Gasteiger partial charge in [-0.2, -0.15) is 0 Å². The molecule has 4 aliphatic carbocycles. The summed E-state index contributed by atoms with van der Waals surface area (Å²) in [7, 11) is 0. The number of aliphatic hydroxyl groups excluding tert-OH is 2. The maximum atomic E-state index is 13.5. The van der Waals surface area contributed by atoms with Crippen LogP contribution in [-0.4, -0.2) is 28.3 Å². The summed E-state index contributed by atoms with van der Waals surface area (Å²) in [4.78, 5) is 12.5. The highest BCUT2D eigenvalue weighted by molar-refractivity contribution is 5.90. The number of hydrogen-bond acceptors (Lipinski definition) is 3. The highest BCUT2D eigenvalue weighted by atomic mass is 19.2. The normalized spacial score (nSPS) is 41.9. The Hall–Kier alpha value is -1.60. The highest BCUT2D eigenvalue weighted by Gasteiger charge is 2.63. The molecule has 0 spiro atoms. The van der Waals surface area contributed by atoms with E-state index < -0.39 is 17.5 Å². The zero-order valence-electron chi connectivity index (χ0n) is 22.3. The van der Waals surface area contributed by atoms with Crippen LogP contribution >= 0.6 is 0 Å². The Bertz CT molecular complexity index is 1010. The third-order valence-electron chi connectivity index (χ3n) is 11.6. The number of carbonyl (C=O) groups excluding carboxylic acids is 1. The molecule has 4 fully saturated rings. The molecule has 1 amide bonds. The topological polar surface area (TPSA) is 69.6 Å². The Kier molecular flexibility index (Phi) is 7.19. The molecule has 0 aromatic heterocycles. The largest absolute Gasteiger partial charge is 0.393 e. The summed E-state index contributed by atoms with van der Waals surface area (Å²) in [6, 6.07) is 1.58. The van der Waals surface area contributed by atoms with Crippen LogP contribution in [0.2, 0.25) is 0 Å². The fourth-order valence-electron chi connectivity index (χ4n) is 9.57. The number of benzene rings is 1. The van der Waals surface area contributed by atoms with Crippen molar-refractivity contribution in [3.63, 3.8) is 0 Å². The van der Waals surface area contributed by atoms with Gasteiger partial charge in [0.2, 0.25) is 5.91 Å². The van der Waals surface area contributed by atoms with Crippen molar-refractivity contribution in [3.8, 4) is 0 Å². The molecule has 0 unspecified atom stereocenters. The summed E-state index contributed by atoms with van der Waals surface area (Å²) < 4.78 is 40.2. The molecule has 4 aliphatic rings. The maximum absolute atomic E-state index is 13.5. The molecule has 7 heteroatoms. The van der Waals surface area contributed by atoms with E-state index in [-0.39, 0.29) is 47.0 Å². The third kappa shape index (κ3) is 4.52. The number of nitrogens with one attached hydrogen (secondary N) is 1. The van der Waals surface area contributed by atoms with E-state index in [1.165, 1.54) is 12.8 Å². The first kappa shape index (κ1) is 27.0. The van der Waals surface area contributed by atoms with Gasteiger partial charge >= 0.3 is 0 Å². The molecule has 0 aliphatic heterocycles. The van der Waals surface area contributed by atoms with Crippen molar-refractivity contribution in [2.75, 3.05) is 5.32 Å². The van der Waals surface area contributed by atoms with Crippen molar-refractivity contribution in [1.82, 2.24) is 0 Å². The van der Waals surface area contributed by atoms with Gasteiger partial charge in [0.1, 0.15) is 0 Å². The van der Waals surface area contributed by atoms with Crippen molar-refractivity contribution < 1.29 is 28.2 Å². The first-order chi connectivity index (χ1) is 17.4. The molecule has 0 bridgehead atoms. The number of amides is 1. The Labute approximate surface area is 218 Å². The van der Waals surface area contributed by atoms with Gasteiger partial charge in [-0.3, -0.25) is 4.79 Å². The minimum absolute atomic E-state index is 0.0879. The van der Waals surface area contributed by atoms with Crippen LogP contribution in [-0.2, 0) is 4.79 Å². The second-order valence-corrected chi connectivity index (χ2v) is 13.2. The van der Waals surface area contributed by atoms with Crippen LogP contribution in [0.3, 0.4) is 0 Å². The monoisotopic (exact) mass is 521 g/mol. The van der Waals surface area contributed by atoms with Crippen molar-refractivity contribution >= 4 is 11.6 Å². The fraction of sp³-hybridized carbons (Fsp3) is 0.767. The predicted molar refractivity (Wildman–Crippen MR) is 136 cm³/mol. The Balaban J connectivity index is 1.24. The minimum atomic E-state index is -1.55. The molecule has 0 saturated heterocycles. The van der Waals surface area contributed by atoms with E-state index in [4.69, 9.17) is 0 Å². The SMILES string of the molecule is C[C@H](CCC(=O)Nc1cc(F)c(F)c(F)c1)[C@H]1CC[C@H]2[C@@H]3CC[C@@H]4C[C@H](O)CC[C@]4(C)[C@H]3C[C@H](O)[C@]12C. The molecule has 4 saturated carbocycles. The quantitative estimate of drug-likeness (QED) is 0.390. The van der Waals surface area contributed by atoms with Crippen LogP contribution < -0.4 is 5.32 Å². The predicted octanol–water partition coefficient (Wildman–Crippen LogP) is 6.45. The van der Waals surface area contributed by atoms with Crippen molar-refractivity contribution in [2.24, 2.45) is 46.3 Å². The average Bonchev–Trinajstić information content (AvgIpc) is 3.21. The van der Waals surface area contributed by atoms with Gasteiger partial charge in [-0.25, -0.2) is 13.2 Å². The summed E-state index contributed by atoms with van der Waals surface area (Å²) in [5.74, 6) is -1.91. The number of hydrogen-bond donors (Lipinski definition) is 3. The number of fused-ring (bicyclic) bond motifs is 5. The Morgan fingerprint density at radius 2 is 1.73 bits per heavy atom. The van der Waals surface area contributed by atoms with Gasteiger partial charge in [0.05, 0.1) is 12.2 Å². The highest BCUT2D eigenvalue weighted by Crippen LogP contribution is 2.68. The third-order valence-corrected chi connectivity index (χ3v) is 11.6. The molecule has 37 heavy (non-hydrogen) atoms. The van der Waals surface area contributed by atoms with E-state index in [1.807, 2.05) is 0 Å². The molecule has 10 atom stereocenters. The van der Waals surface area contributed by atoms with Gasteiger partial charge in [-0.15, -0.1) is 0 Å². The standard InChI is InChI=1S/C30H42F3NO3/c1-16(4-9-27(37)34-18-13-24(31)28(33)25(32)14-18)21-7-8-22-20-6-5-17-12-19(35)10-11-29(17,2)23(20)15-26(36)30(21,22)3/h13-14,16-17,19-23,26,35-36H,4-12,15H2,1-3H3,(H,34,37)/t16-,17-,19-,20+,21-,22+,23+,26+,29+,30-/m1/s1. The first-order valence-corrected chi connectivity index (χ1v) is 14.3. The molecule has 0 heterocycles. The molecular weight excluding hydrogens is 479 g/mol. The summed E-state index contributed by atoms with van der Waals surface area (Å²) >= 11 is 0. The lowest BCUT2D eigenvalue weighted by atomic mass is 9.43. The van der Waals surface area contributed by atoms with Crippen LogP contribution in [0.4, 0.5) is 18.9 Å².